The summed E-state index contributed by atoms with van der Waals surface area (Å²) in [6.07, 6.45) is 0. The number of hydrogen-bond acceptors (Lipinski definition) is 5. The fraction of sp³-hybridized carbons (Fsp3) is 0.385. The first-order valence-electron chi connectivity index (χ1n) is 5.78. The summed E-state index contributed by atoms with van der Waals surface area (Å²) >= 11 is 0. The Hall–Kier alpha value is -1.72. The van der Waals surface area contributed by atoms with Crippen LogP contribution in [0.2, 0.25) is 0 Å². The zero-order valence-corrected chi connectivity index (χ0v) is 10.4. The van der Waals surface area contributed by atoms with Gasteiger partial charge >= 0.3 is 0 Å². The first-order valence-corrected chi connectivity index (χ1v) is 5.78. The number of nitrogens with two attached hydrogens (primary N) is 1. The van der Waals surface area contributed by atoms with Gasteiger partial charge in [0.1, 0.15) is 0 Å². The Kier molecular flexibility index (Phi) is 2.46. The molecule has 5 nitrogen and oxygen atoms in total. The van der Waals surface area contributed by atoms with Crippen molar-refractivity contribution in [1.29, 1.82) is 0 Å². The number of rotatable bonds is 2. The van der Waals surface area contributed by atoms with Gasteiger partial charge in [-0.3, -0.25) is 0 Å². The lowest BCUT2D eigenvalue weighted by Crippen LogP contribution is -2.21. The molecule has 1 aliphatic rings. The van der Waals surface area contributed by atoms with E-state index in [1.807, 2.05) is 13.0 Å². The molecule has 1 aromatic carbocycles. The van der Waals surface area contributed by atoms with Gasteiger partial charge < -0.3 is 24.4 Å². The number of furan rings is 1. The van der Waals surface area contributed by atoms with Gasteiger partial charge in [-0.15, -0.1) is 0 Å². The zero-order chi connectivity index (χ0) is 12.8. The maximum Gasteiger partial charge on any atom is 0.225 e. The lowest BCUT2D eigenvalue weighted by molar-refractivity contribution is -0.162. The average Bonchev–Trinajstić information content (AvgIpc) is 2.97. The maximum atomic E-state index is 5.94. The largest absolute Gasteiger partial charge is 0.493 e. The summed E-state index contributed by atoms with van der Waals surface area (Å²) in [5, 5.41) is 0.810. The summed E-state index contributed by atoms with van der Waals surface area (Å²) in [5.41, 5.74) is 7.20. The molecule has 0 amide bonds. The molecule has 0 aliphatic carbocycles. The number of methoxy groups -OCH3 is 1. The molecule has 0 atom stereocenters. The van der Waals surface area contributed by atoms with Crippen LogP contribution in [0.5, 0.6) is 5.75 Å². The molecule has 0 saturated carbocycles. The van der Waals surface area contributed by atoms with Crippen LogP contribution in [0.1, 0.15) is 12.7 Å². The van der Waals surface area contributed by atoms with Crippen molar-refractivity contribution in [2.45, 2.75) is 12.7 Å². The molecule has 1 fully saturated rings. The fourth-order valence-electron chi connectivity index (χ4n) is 2.16. The number of nitrogen functional groups attached to an aromatic ring is 1. The van der Waals surface area contributed by atoms with Crippen LogP contribution in [0.3, 0.4) is 0 Å². The normalized spacial score (nSPS) is 18.3. The highest BCUT2D eigenvalue weighted by molar-refractivity contribution is 5.93. The number of hydrogen-bond donors (Lipinski definition) is 1. The van der Waals surface area contributed by atoms with Crippen LogP contribution in [-0.4, -0.2) is 20.3 Å². The number of ether oxygens (including phenoxy) is 3. The molecule has 0 bridgehead atoms. The summed E-state index contributed by atoms with van der Waals surface area (Å²) in [5.74, 6) is 0.412. The van der Waals surface area contributed by atoms with Crippen molar-refractivity contribution in [2.75, 3.05) is 26.1 Å². The van der Waals surface area contributed by atoms with E-state index in [1.54, 1.807) is 19.2 Å². The van der Waals surface area contributed by atoms with E-state index >= 15 is 0 Å². The summed E-state index contributed by atoms with van der Waals surface area (Å²) in [6.45, 7) is 2.95. The molecular formula is C13H15NO4. The van der Waals surface area contributed by atoms with E-state index in [2.05, 4.69) is 0 Å². The third-order valence-corrected chi connectivity index (χ3v) is 3.19. The molecule has 2 aromatic rings. The fourth-order valence-corrected chi connectivity index (χ4v) is 2.16. The topological polar surface area (TPSA) is 66.9 Å². The Morgan fingerprint density at radius 2 is 2.00 bits per heavy atom. The molecule has 3 rings (SSSR count). The van der Waals surface area contributed by atoms with E-state index in [-0.39, 0.29) is 0 Å². The van der Waals surface area contributed by atoms with E-state index < -0.39 is 5.79 Å². The van der Waals surface area contributed by atoms with Crippen LogP contribution in [0, 0.1) is 0 Å². The van der Waals surface area contributed by atoms with E-state index in [0.717, 1.165) is 5.39 Å². The van der Waals surface area contributed by atoms with Crippen LogP contribution in [0.25, 0.3) is 11.0 Å². The quantitative estimate of drug-likeness (QED) is 0.827. The molecule has 1 aliphatic heterocycles. The van der Waals surface area contributed by atoms with E-state index in [4.69, 9.17) is 24.4 Å². The summed E-state index contributed by atoms with van der Waals surface area (Å²) in [4.78, 5) is 0. The number of benzene rings is 1. The van der Waals surface area contributed by atoms with E-state index in [9.17, 15) is 0 Å². The highest BCUT2D eigenvalue weighted by Crippen LogP contribution is 2.39. The van der Waals surface area contributed by atoms with Crippen molar-refractivity contribution in [1.82, 2.24) is 0 Å². The smallest absolute Gasteiger partial charge is 0.225 e. The van der Waals surface area contributed by atoms with Crippen molar-refractivity contribution in [2.24, 2.45) is 0 Å². The second-order valence-corrected chi connectivity index (χ2v) is 4.35. The van der Waals surface area contributed by atoms with Crippen molar-refractivity contribution >= 4 is 16.7 Å². The lowest BCUT2D eigenvalue weighted by Gasteiger charge is -2.18. The first-order chi connectivity index (χ1) is 8.64. The van der Waals surface area contributed by atoms with E-state index in [1.165, 1.54) is 0 Å². The van der Waals surface area contributed by atoms with Crippen molar-refractivity contribution < 1.29 is 18.6 Å². The van der Waals surface area contributed by atoms with Gasteiger partial charge in [-0.2, -0.15) is 0 Å². The summed E-state index contributed by atoms with van der Waals surface area (Å²) in [6, 6.07) is 5.42. The standard InChI is InChI=1S/C13H15NO4/c1-13(16-5-6-17-13)11-7-8-9(14)3-4-10(15-2)12(8)18-11/h3-4,7H,5-6,14H2,1-2H3. The molecule has 0 unspecified atom stereocenters. The second-order valence-electron chi connectivity index (χ2n) is 4.35. The summed E-state index contributed by atoms with van der Waals surface area (Å²) in [7, 11) is 1.59. The predicted molar refractivity (Wildman–Crippen MR) is 66.4 cm³/mol. The number of anilines is 1. The Labute approximate surface area is 104 Å². The van der Waals surface area contributed by atoms with Crippen LogP contribution >= 0.6 is 0 Å². The molecule has 1 saturated heterocycles. The molecule has 0 spiro atoms. The third kappa shape index (κ3) is 1.55. The molecule has 0 radical (unpaired) electrons. The first kappa shape index (κ1) is 11.4. The zero-order valence-electron chi connectivity index (χ0n) is 10.4. The van der Waals surface area contributed by atoms with Crippen molar-refractivity contribution in [3.63, 3.8) is 0 Å². The second kappa shape index (κ2) is 3.90. The van der Waals surface area contributed by atoms with Gasteiger partial charge in [0.2, 0.25) is 5.79 Å². The van der Waals surface area contributed by atoms with Gasteiger partial charge in [0.25, 0.3) is 0 Å². The minimum atomic E-state index is -0.837. The molecular weight excluding hydrogens is 234 g/mol. The lowest BCUT2D eigenvalue weighted by atomic mass is 10.2. The number of fused-ring (bicyclic) bond motifs is 1. The van der Waals surface area contributed by atoms with E-state index in [0.29, 0.717) is 36.0 Å². The minimum Gasteiger partial charge on any atom is -0.493 e. The van der Waals surface area contributed by atoms with Gasteiger partial charge in [0.05, 0.1) is 20.3 Å². The SMILES string of the molecule is COc1ccc(N)c2cc(C3(C)OCCO3)oc12. The van der Waals surface area contributed by atoms with Crippen molar-refractivity contribution in [3.05, 3.63) is 24.0 Å². The Balaban J connectivity index is 2.18. The summed E-state index contributed by atoms with van der Waals surface area (Å²) < 4.78 is 22.2. The van der Waals surface area contributed by atoms with Gasteiger partial charge in [0.15, 0.2) is 17.1 Å². The Morgan fingerprint density at radius 3 is 2.67 bits per heavy atom. The molecule has 2 N–H and O–H groups in total. The van der Waals surface area contributed by atoms with Gasteiger partial charge in [-0.25, -0.2) is 0 Å². The molecule has 2 heterocycles. The van der Waals surface area contributed by atoms with Crippen LogP contribution in [0.15, 0.2) is 22.6 Å². The van der Waals surface area contributed by atoms with Crippen molar-refractivity contribution in [3.8, 4) is 5.75 Å². The highest BCUT2D eigenvalue weighted by atomic mass is 16.7. The van der Waals surface area contributed by atoms with Crippen LogP contribution in [-0.2, 0) is 15.3 Å². The van der Waals surface area contributed by atoms with Crippen LogP contribution < -0.4 is 10.5 Å². The highest BCUT2D eigenvalue weighted by Gasteiger charge is 2.37. The molecule has 18 heavy (non-hydrogen) atoms. The average molecular weight is 249 g/mol. The van der Waals surface area contributed by atoms with Gasteiger partial charge in [-0.1, -0.05) is 0 Å². The molecule has 1 aromatic heterocycles. The van der Waals surface area contributed by atoms with Gasteiger partial charge in [-0.05, 0) is 25.1 Å². The Bertz CT molecular complexity index is 584. The predicted octanol–water partition coefficient (Wildman–Crippen LogP) is 2.24. The Morgan fingerprint density at radius 1 is 1.28 bits per heavy atom. The monoisotopic (exact) mass is 249 g/mol. The van der Waals surface area contributed by atoms with Gasteiger partial charge in [0, 0.05) is 11.1 Å². The maximum absolute atomic E-state index is 5.94. The molecule has 96 valence electrons. The van der Waals surface area contributed by atoms with Crippen LogP contribution in [0.4, 0.5) is 5.69 Å². The minimum absolute atomic E-state index is 0.556. The molecule has 5 heteroatoms. The third-order valence-electron chi connectivity index (χ3n) is 3.19.